The van der Waals surface area contributed by atoms with Crippen molar-refractivity contribution in [3.63, 3.8) is 0 Å². The Morgan fingerprint density at radius 3 is 1.87 bits per heavy atom. The van der Waals surface area contributed by atoms with E-state index in [4.69, 9.17) is 49.1 Å². The van der Waals surface area contributed by atoms with Crippen molar-refractivity contribution >= 4 is 23.9 Å². The normalized spacial score (nSPS) is 14.4. The van der Waals surface area contributed by atoms with E-state index in [1.165, 1.54) is 23.1 Å². The number of nitrogens with one attached hydrogen (secondary N) is 1. The Morgan fingerprint density at radius 1 is 0.868 bits per heavy atom. The fourth-order valence-corrected chi connectivity index (χ4v) is 3.81. The second kappa shape index (κ2) is 15.8. The highest BCUT2D eigenvalue weighted by Gasteiger charge is 2.21. The summed E-state index contributed by atoms with van der Waals surface area (Å²) in [6, 6.07) is 15.8. The number of carbonyl (C=O) groups is 4. The summed E-state index contributed by atoms with van der Waals surface area (Å²) in [5.41, 5.74) is 4.23. The van der Waals surface area contributed by atoms with Crippen molar-refractivity contribution in [1.29, 1.82) is 0 Å². The molecule has 2 atom stereocenters. The summed E-state index contributed by atoms with van der Waals surface area (Å²) in [6.45, 7) is 0.912. The SMILES string of the molecule is COc1ccc(C(CNC2CCc3ccccc3C2)N(C)C)cc1OC.O=C(O)C(=O)O.O=C(O)C(=O)O. The van der Waals surface area contributed by atoms with Crippen LogP contribution in [0.2, 0.25) is 0 Å². The maximum absolute atomic E-state index is 9.10. The standard InChI is InChI=1S/C22H30N2O2.2C2H2O4/c1-24(2)20(18-10-12-21(25-3)22(14-18)26-4)15-23-19-11-9-16-7-5-6-8-17(16)13-19;2*3-1(4)2(5)6/h5-8,10,12,14,19-20,23H,9,11,13,15H2,1-4H3;2*(H,3,4)(H,5,6). The monoisotopic (exact) mass is 534 g/mol. The van der Waals surface area contributed by atoms with Crippen LogP contribution in [-0.4, -0.2) is 90.1 Å². The Morgan fingerprint density at radius 2 is 1.39 bits per heavy atom. The molecule has 12 heteroatoms. The molecule has 3 rings (SSSR count). The minimum absolute atomic E-state index is 0.284. The first-order valence-electron chi connectivity index (χ1n) is 11.5. The minimum atomic E-state index is -1.82. The molecule has 0 radical (unpaired) electrons. The number of fused-ring (bicyclic) bond motifs is 1. The van der Waals surface area contributed by atoms with Gasteiger partial charge in [0.2, 0.25) is 0 Å². The summed E-state index contributed by atoms with van der Waals surface area (Å²) in [7, 11) is 7.60. The number of hydrogen-bond donors (Lipinski definition) is 5. The van der Waals surface area contributed by atoms with Crippen molar-refractivity contribution in [3.8, 4) is 11.5 Å². The zero-order chi connectivity index (χ0) is 28.8. The first-order valence-corrected chi connectivity index (χ1v) is 11.5. The smallest absolute Gasteiger partial charge is 0.414 e. The Kier molecular flexibility index (Phi) is 13.3. The molecule has 0 heterocycles. The van der Waals surface area contributed by atoms with E-state index >= 15 is 0 Å². The molecule has 0 amide bonds. The minimum Gasteiger partial charge on any atom is -0.493 e. The summed E-state index contributed by atoms with van der Waals surface area (Å²) in [5.74, 6) is -5.75. The lowest BCUT2D eigenvalue weighted by atomic mass is 9.88. The van der Waals surface area contributed by atoms with Gasteiger partial charge in [-0.1, -0.05) is 30.3 Å². The van der Waals surface area contributed by atoms with Gasteiger partial charge in [-0.3, -0.25) is 0 Å². The average molecular weight is 535 g/mol. The molecule has 0 fully saturated rings. The maximum atomic E-state index is 9.10. The number of likely N-dealkylation sites (N-methyl/N-ethyl adjacent to an activating group) is 1. The Bertz CT molecular complexity index is 1060. The Hall–Kier alpha value is -4.16. The van der Waals surface area contributed by atoms with E-state index in [1.807, 2.05) is 6.07 Å². The molecule has 0 aliphatic heterocycles. The summed E-state index contributed by atoms with van der Waals surface area (Å²) in [4.78, 5) is 38.7. The number of methoxy groups -OCH3 is 2. The molecular formula is C26H34N2O10. The summed E-state index contributed by atoms with van der Waals surface area (Å²) < 4.78 is 10.8. The van der Waals surface area contributed by atoms with Crippen LogP contribution in [0.25, 0.3) is 0 Å². The molecular weight excluding hydrogens is 500 g/mol. The van der Waals surface area contributed by atoms with Crippen LogP contribution in [0.5, 0.6) is 11.5 Å². The van der Waals surface area contributed by atoms with E-state index in [0.29, 0.717) is 6.04 Å². The van der Waals surface area contributed by atoms with E-state index in [2.05, 4.69) is 60.7 Å². The average Bonchev–Trinajstić information content (AvgIpc) is 2.89. The van der Waals surface area contributed by atoms with Gasteiger partial charge in [-0.15, -0.1) is 0 Å². The number of hydrogen-bond acceptors (Lipinski definition) is 8. The van der Waals surface area contributed by atoms with Crippen molar-refractivity contribution < 1.29 is 49.1 Å². The van der Waals surface area contributed by atoms with Crippen LogP contribution in [0.1, 0.15) is 29.2 Å². The topological polar surface area (TPSA) is 183 Å². The molecule has 2 aromatic carbocycles. The maximum Gasteiger partial charge on any atom is 0.414 e. The van der Waals surface area contributed by atoms with E-state index in [0.717, 1.165) is 30.9 Å². The van der Waals surface area contributed by atoms with Crippen LogP contribution in [0.15, 0.2) is 42.5 Å². The van der Waals surface area contributed by atoms with Gasteiger partial charge < -0.3 is 40.1 Å². The zero-order valence-electron chi connectivity index (χ0n) is 21.7. The van der Waals surface area contributed by atoms with Crippen LogP contribution in [0, 0.1) is 0 Å². The molecule has 38 heavy (non-hydrogen) atoms. The molecule has 5 N–H and O–H groups in total. The number of carboxylic acid groups (broad SMARTS) is 4. The van der Waals surface area contributed by atoms with Gasteiger partial charge in [-0.2, -0.15) is 0 Å². The lowest BCUT2D eigenvalue weighted by Gasteiger charge is -2.30. The molecule has 1 aliphatic carbocycles. The molecule has 0 aromatic heterocycles. The van der Waals surface area contributed by atoms with Crippen LogP contribution in [-0.2, 0) is 32.0 Å². The van der Waals surface area contributed by atoms with Gasteiger partial charge in [-0.25, -0.2) is 19.2 Å². The summed E-state index contributed by atoms with van der Waals surface area (Å²) in [6.07, 6.45) is 3.47. The van der Waals surface area contributed by atoms with Gasteiger partial charge in [0.25, 0.3) is 0 Å². The Balaban J connectivity index is 0.000000503. The van der Waals surface area contributed by atoms with Crippen LogP contribution >= 0.6 is 0 Å². The van der Waals surface area contributed by atoms with Crippen LogP contribution in [0.3, 0.4) is 0 Å². The third-order valence-electron chi connectivity index (χ3n) is 5.73. The van der Waals surface area contributed by atoms with Crippen molar-refractivity contribution in [2.75, 3.05) is 34.9 Å². The molecule has 0 saturated carbocycles. The molecule has 0 spiro atoms. The molecule has 12 nitrogen and oxygen atoms in total. The van der Waals surface area contributed by atoms with Gasteiger partial charge in [0.1, 0.15) is 0 Å². The van der Waals surface area contributed by atoms with Gasteiger partial charge in [0.15, 0.2) is 11.5 Å². The molecule has 0 bridgehead atoms. The predicted molar refractivity (Wildman–Crippen MR) is 137 cm³/mol. The Labute approximate surface area is 220 Å². The van der Waals surface area contributed by atoms with Crippen molar-refractivity contribution in [2.45, 2.75) is 31.3 Å². The number of ether oxygens (including phenoxy) is 2. The highest BCUT2D eigenvalue weighted by molar-refractivity contribution is 6.27. The van der Waals surface area contributed by atoms with E-state index in [9.17, 15) is 0 Å². The summed E-state index contributed by atoms with van der Waals surface area (Å²) >= 11 is 0. The highest BCUT2D eigenvalue weighted by Crippen LogP contribution is 2.31. The molecule has 2 unspecified atom stereocenters. The first kappa shape index (κ1) is 31.9. The van der Waals surface area contributed by atoms with Crippen molar-refractivity contribution in [1.82, 2.24) is 10.2 Å². The van der Waals surface area contributed by atoms with Gasteiger partial charge in [0, 0.05) is 18.6 Å². The molecule has 1 aliphatic rings. The largest absolute Gasteiger partial charge is 0.493 e. The zero-order valence-corrected chi connectivity index (χ0v) is 21.7. The van der Waals surface area contributed by atoms with E-state index < -0.39 is 23.9 Å². The number of aliphatic carboxylic acids is 4. The lowest BCUT2D eigenvalue weighted by Crippen LogP contribution is -2.40. The van der Waals surface area contributed by atoms with Crippen LogP contribution in [0.4, 0.5) is 0 Å². The fourth-order valence-electron chi connectivity index (χ4n) is 3.81. The number of aryl methyl sites for hydroxylation is 1. The number of nitrogens with zero attached hydrogens (tertiary/aromatic N) is 1. The second-order valence-electron chi connectivity index (χ2n) is 8.43. The van der Waals surface area contributed by atoms with Gasteiger partial charge in [0.05, 0.1) is 14.2 Å². The summed E-state index contributed by atoms with van der Waals surface area (Å²) in [5, 5.41) is 33.4. The number of carboxylic acids is 4. The van der Waals surface area contributed by atoms with Gasteiger partial charge >= 0.3 is 23.9 Å². The third-order valence-corrected chi connectivity index (χ3v) is 5.73. The fraction of sp³-hybridized carbons (Fsp3) is 0.385. The number of rotatable bonds is 7. The first-order chi connectivity index (χ1) is 17.9. The van der Waals surface area contributed by atoms with E-state index in [1.54, 1.807) is 14.2 Å². The number of benzene rings is 2. The van der Waals surface area contributed by atoms with Crippen molar-refractivity contribution in [3.05, 3.63) is 59.2 Å². The highest BCUT2D eigenvalue weighted by atomic mass is 16.5. The molecule has 0 saturated heterocycles. The molecule has 208 valence electrons. The van der Waals surface area contributed by atoms with Gasteiger partial charge in [-0.05, 0) is 62.2 Å². The predicted octanol–water partition coefficient (Wildman–Crippen LogP) is 1.76. The molecule has 2 aromatic rings. The third kappa shape index (κ3) is 10.4. The van der Waals surface area contributed by atoms with Crippen LogP contribution < -0.4 is 14.8 Å². The second-order valence-corrected chi connectivity index (χ2v) is 8.43. The lowest BCUT2D eigenvalue weighted by molar-refractivity contribution is -0.159. The quantitative estimate of drug-likeness (QED) is 0.325. The van der Waals surface area contributed by atoms with Crippen molar-refractivity contribution in [2.24, 2.45) is 0 Å². The van der Waals surface area contributed by atoms with E-state index in [-0.39, 0.29) is 6.04 Å².